The second-order valence-corrected chi connectivity index (χ2v) is 8.54. The van der Waals surface area contributed by atoms with Crippen molar-refractivity contribution in [3.05, 3.63) is 48.0 Å². The largest absolute Gasteiger partial charge is 0.480 e. The number of unbranched alkanes of at least 4 members (excludes halogenated alkanes) is 1. The van der Waals surface area contributed by atoms with Gasteiger partial charge in [0, 0.05) is 18.3 Å². The number of carboxylic acid groups (broad SMARTS) is 2. The van der Waals surface area contributed by atoms with E-state index in [1.807, 2.05) is 4.72 Å². The zero-order valence-electron chi connectivity index (χ0n) is 17.7. The normalized spacial score (nSPS) is 14.9. The second kappa shape index (κ2) is 13.3. The Morgan fingerprint density at radius 1 is 1.06 bits per heavy atom. The molecule has 1 aromatic heterocycles. The Balaban J connectivity index is 0.000000249. The molecule has 10 N–H and O–H groups in total. The number of hydrogen-bond donors (Lipinski definition) is 7. The molecule has 3 rings (SSSR count). The maximum absolute atomic E-state index is 11.1. The molecular weight excluding hydrogens is 456 g/mol. The summed E-state index contributed by atoms with van der Waals surface area (Å²) in [7, 11) is -3.55. The number of hydrogen-bond acceptors (Lipinski definition) is 9. The van der Waals surface area contributed by atoms with Gasteiger partial charge in [0.05, 0.1) is 11.9 Å². The first-order valence-electron chi connectivity index (χ1n) is 9.79. The molecule has 0 spiro atoms. The van der Waals surface area contributed by atoms with Gasteiger partial charge >= 0.3 is 11.9 Å². The number of rotatable bonds is 8. The Bertz CT molecular complexity index is 1030. The van der Waals surface area contributed by atoms with E-state index in [0.29, 0.717) is 13.0 Å². The number of imidazole rings is 1. The topological polar surface area (TPSA) is 245 Å². The number of carboxylic acids is 2. The summed E-state index contributed by atoms with van der Waals surface area (Å²) in [5.41, 5.74) is 16.6. The molecule has 13 nitrogen and oxygen atoms in total. The highest BCUT2D eigenvalue weighted by molar-refractivity contribution is 7.90. The van der Waals surface area contributed by atoms with Gasteiger partial charge in [-0.05, 0) is 31.5 Å². The number of benzene rings is 1. The minimum absolute atomic E-state index is 0.0648. The number of carbonyl (C=O) groups excluding carboxylic acids is 1. The lowest BCUT2D eigenvalue weighted by molar-refractivity contribution is -0.139. The lowest BCUT2D eigenvalue weighted by atomic mass is 10.1. The number of carbonyl (C=O) groups is 3. The van der Waals surface area contributed by atoms with E-state index < -0.39 is 40.0 Å². The molecule has 1 aromatic carbocycles. The van der Waals surface area contributed by atoms with Crippen molar-refractivity contribution in [1.82, 2.24) is 14.7 Å². The maximum Gasteiger partial charge on any atom is 0.320 e. The monoisotopic (exact) mass is 484 g/mol. The zero-order valence-corrected chi connectivity index (χ0v) is 18.5. The third-order valence-corrected chi connectivity index (χ3v) is 5.64. The molecule has 2 unspecified atom stereocenters. The van der Waals surface area contributed by atoms with Crippen LogP contribution in [0.4, 0.5) is 0 Å². The van der Waals surface area contributed by atoms with Crippen LogP contribution in [-0.2, 0) is 26.0 Å². The van der Waals surface area contributed by atoms with Gasteiger partial charge in [0.25, 0.3) is 15.9 Å². The molecule has 1 amide bonds. The number of aromatic amines is 1. The molecule has 2 atom stereocenters. The standard InChI is InChI=1S/C7H5NO3S.C6H9N3O2.C6H14N2O2/c9-7-5-3-1-2-4-6(5)12(10,11)8-7;7-5(6(10)11)1-4-2-8-3-9-4;7-4-2-1-3-5(8)6(9)10/h1-4H,(H,8,9);2-3,5H,1,7H2,(H,8,9)(H,10,11);5H,1-4,7-8H2,(H,9,10). The number of nitrogens with zero attached hydrogens (tertiary/aromatic N) is 1. The zero-order chi connectivity index (χ0) is 25.0. The van der Waals surface area contributed by atoms with E-state index in [-0.39, 0.29) is 16.9 Å². The van der Waals surface area contributed by atoms with Crippen LogP contribution in [0.5, 0.6) is 0 Å². The Morgan fingerprint density at radius 3 is 2.21 bits per heavy atom. The number of aliphatic carboxylic acids is 2. The first-order chi connectivity index (χ1) is 15.5. The summed E-state index contributed by atoms with van der Waals surface area (Å²) in [4.78, 5) is 38.0. The van der Waals surface area contributed by atoms with Crippen molar-refractivity contribution >= 4 is 27.9 Å². The molecular formula is C19H28N6O7S. The second-order valence-electron chi connectivity index (χ2n) is 6.89. The number of nitrogens with two attached hydrogens (primary N) is 3. The highest BCUT2D eigenvalue weighted by Crippen LogP contribution is 2.20. The first kappa shape index (κ1) is 27.7. The van der Waals surface area contributed by atoms with Crippen LogP contribution in [0, 0.1) is 0 Å². The van der Waals surface area contributed by atoms with E-state index in [4.69, 9.17) is 27.4 Å². The minimum atomic E-state index is -3.55. The summed E-state index contributed by atoms with van der Waals surface area (Å²) in [6, 6.07) is 4.52. The quantitative estimate of drug-likeness (QED) is 0.224. The molecule has 0 radical (unpaired) electrons. The molecule has 14 heteroatoms. The molecule has 0 saturated heterocycles. The van der Waals surface area contributed by atoms with Gasteiger partial charge in [0.15, 0.2) is 0 Å². The van der Waals surface area contributed by atoms with E-state index >= 15 is 0 Å². The SMILES string of the molecule is NC(Cc1cnc[nH]1)C(=O)O.NCCCCC(N)C(=O)O.O=C1NS(=O)(=O)c2ccccc21. The third kappa shape index (κ3) is 9.36. The summed E-state index contributed by atoms with van der Waals surface area (Å²) in [5.74, 6) is -2.48. The van der Waals surface area contributed by atoms with Crippen molar-refractivity contribution in [3.8, 4) is 0 Å². The molecule has 33 heavy (non-hydrogen) atoms. The van der Waals surface area contributed by atoms with Crippen LogP contribution in [0.25, 0.3) is 0 Å². The molecule has 182 valence electrons. The maximum atomic E-state index is 11.1. The van der Waals surface area contributed by atoms with Gasteiger partial charge in [-0.25, -0.2) is 18.1 Å². The fraction of sp³-hybridized carbons (Fsp3) is 0.368. The minimum Gasteiger partial charge on any atom is -0.480 e. The van der Waals surface area contributed by atoms with Crippen LogP contribution in [-0.4, -0.2) is 65.1 Å². The lowest BCUT2D eigenvalue weighted by Crippen LogP contribution is -2.32. The number of nitrogens with one attached hydrogen (secondary N) is 2. The summed E-state index contributed by atoms with van der Waals surface area (Å²) in [5, 5.41) is 16.7. The first-order valence-corrected chi connectivity index (χ1v) is 11.3. The number of aromatic nitrogens is 2. The van der Waals surface area contributed by atoms with Crippen molar-refractivity contribution in [2.24, 2.45) is 17.2 Å². The highest BCUT2D eigenvalue weighted by Gasteiger charge is 2.31. The number of amides is 1. The summed E-state index contributed by atoms with van der Waals surface area (Å²) < 4.78 is 24.2. The van der Waals surface area contributed by atoms with Crippen LogP contribution in [0.2, 0.25) is 0 Å². The molecule has 1 aliphatic rings. The van der Waals surface area contributed by atoms with Gasteiger partial charge in [-0.3, -0.25) is 14.4 Å². The van der Waals surface area contributed by atoms with E-state index in [1.54, 1.807) is 18.3 Å². The van der Waals surface area contributed by atoms with Crippen LogP contribution >= 0.6 is 0 Å². The fourth-order valence-electron chi connectivity index (χ4n) is 2.47. The van der Waals surface area contributed by atoms with E-state index in [0.717, 1.165) is 18.5 Å². The molecule has 2 heterocycles. The van der Waals surface area contributed by atoms with Crippen molar-refractivity contribution in [1.29, 1.82) is 0 Å². The Kier molecular flexibility index (Phi) is 11.1. The van der Waals surface area contributed by atoms with Gasteiger partial charge < -0.3 is 32.4 Å². The molecule has 0 aliphatic carbocycles. The number of fused-ring (bicyclic) bond motifs is 1. The van der Waals surface area contributed by atoms with E-state index in [9.17, 15) is 22.8 Å². The predicted octanol–water partition coefficient (Wildman–Crippen LogP) is -0.990. The van der Waals surface area contributed by atoms with Crippen LogP contribution in [0.15, 0.2) is 41.7 Å². The number of H-pyrrole nitrogens is 1. The van der Waals surface area contributed by atoms with Gasteiger partial charge in [0.2, 0.25) is 0 Å². The number of sulfonamides is 1. The average Bonchev–Trinajstić information content (AvgIpc) is 3.35. The summed E-state index contributed by atoms with van der Waals surface area (Å²) >= 11 is 0. The Labute approximate surface area is 190 Å². The van der Waals surface area contributed by atoms with Crippen molar-refractivity contribution in [3.63, 3.8) is 0 Å². The van der Waals surface area contributed by atoms with E-state index in [2.05, 4.69) is 9.97 Å². The average molecular weight is 485 g/mol. The van der Waals surface area contributed by atoms with E-state index in [1.165, 1.54) is 18.5 Å². The highest BCUT2D eigenvalue weighted by atomic mass is 32.2. The smallest absolute Gasteiger partial charge is 0.320 e. The molecule has 1 aliphatic heterocycles. The lowest BCUT2D eigenvalue weighted by Gasteiger charge is -2.03. The molecule has 0 saturated carbocycles. The summed E-state index contributed by atoms with van der Waals surface area (Å²) in [6.07, 6.45) is 5.50. The Morgan fingerprint density at radius 2 is 1.70 bits per heavy atom. The van der Waals surface area contributed by atoms with Crippen molar-refractivity contribution < 1.29 is 33.0 Å². The van der Waals surface area contributed by atoms with Gasteiger partial charge in [0.1, 0.15) is 17.0 Å². The molecule has 0 fully saturated rings. The van der Waals surface area contributed by atoms with Crippen LogP contribution < -0.4 is 21.9 Å². The molecule has 2 aromatic rings. The summed E-state index contributed by atoms with van der Waals surface area (Å²) in [6.45, 7) is 0.604. The van der Waals surface area contributed by atoms with Gasteiger partial charge in [-0.2, -0.15) is 0 Å². The Hall–Kier alpha value is -3.33. The van der Waals surface area contributed by atoms with Gasteiger partial charge in [-0.15, -0.1) is 0 Å². The van der Waals surface area contributed by atoms with Crippen molar-refractivity contribution in [2.75, 3.05) is 6.54 Å². The van der Waals surface area contributed by atoms with Crippen LogP contribution in [0.1, 0.15) is 35.3 Å². The van der Waals surface area contributed by atoms with Crippen LogP contribution in [0.3, 0.4) is 0 Å². The third-order valence-electron chi connectivity index (χ3n) is 4.25. The fourth-order valence-corrected chi connectivity index (χ4v) is 3.65. The molecule has 0 bridgehead atoms. The van der Waals surface area contributed by atoms with Crippen molar-refractivity contribution in [2.45, 2.75) is 42.7 Å². The van der Waals surface area contributed by atoms with Gasteiger partial charge in [-0.1, -0.05) is 18.6 Å². The predicted molar refractivity (Wildman–Crippen MR) is 118 cm³/mol.